The van der Waals surface area contributed by atoms with Gasteiger partial charge < -0.3 is 5.32 Å². The highest BCUT2D eigenvalue weighted by atomic mass is 15.1. The smallest absolute Gasteiger partial charge is 0.0158 e. The van der Waals surface area contributed by atoms with Crippen LogP contribution in [0.1, 0.15) is 118 Å². The molecule has 1 aliphatic heterocycles. The predicted molar refractivity (Wildman–Crippen MR) is 100 cm³/mol. The summed E-state index contributed by atoms with van der Waals surface area (Å²) in [6.45, 7) is 11.8. The number of nitrogens with one attached hydrogen (secondary N) is 1. The molecule has 1 N–H and O–H groups in total. The SMILES string of the molecule is CCCCCCCCCCCCC1CCC(C)(C)NC1(C)C. The van der Waals surface area contributed by atoms with E-state index in [1.54, 1.807) is 0 Å². The van der Waals surface area contributed by atoms with E-state index in [4.69, 9.17) is 0 Å². The maximum atomic E-state index is 3.87. The third-order valence-electron chi connectivity index (χ3n) is 5.71. The Balaban J connectivity index is 2.01. The summed E-state index contributed by atoms with van der Waals surface area (Å²) in [5, 5.41) is 3.87. The van der Waals surface area contributed by atoms with Crippen LogP contribution in [0.3, 0.4) is 0 Å². The summed E-state index contributed by atoms with van der Waals surface area (Å²) in [5.41, 5.74) is 0.652. The quantitative estimate of drug-likeness (QED) is 0.411. The van der Waals surface area contributed by atoms with E-state index in [0.717, 1.165) is 5.92 Å². The van der Waals surface area contributed by atoms with Gasteiger partial charge in [-0.2, -0.15) is 0 Å². The molecular formula is C21H43N. The van der Waals surface area contributed by atoms with Gasteiger partial charge >= 0.3 is 0 Å². The first-order valence-corrected chi connectivity index (χ1v) is 10.2. The molecule has 132 valence electrons. The third-order valence-corrected chi connectivity index (χ3v) is 5.71. The molecule has 1 rings (SSSR count). The van der Waals surface area contributed by atoms with Crippen LogP contribution in [-0.4, -0.2) is 11.1 Å². The van der Waals surface area contributed by atoms with Crippen molar-refractivity contribution < 1.29 is 0 Å². The van der Waals surface area contributed by atoms with Crippen molar-refractivity contribution in [3.8, 4) is 0 Å². The van der Waals surface area contributed by atoms with Crippen LogP contribution in [0.25, 0.3) is 0 Å². The highest BCUT2D eigenvalue weighted by Crippen LogP contribution is 2.36. The van der Waals surface area contributed by atoms with Crippen molar-refractivity contribution in [3.05, 3.63) is 0 Å². The largest absolute Gasteiger partial charge is 0.307 e. The summed E-state index contributed by atoms with van der Waals surface area (Å²) in [6, 6.07) is 0. The molecule has 0 aromatic carbocycles. The molecule has 0 spiro atoms. The Morgan fingerprint density at radius 2 is 1.27 bits per heavy atom. The van der Waals surface area contributed by atoms with Crippen LogP contribution >= 0.6 is 0 Å². The second kappa shape index (κ2) is 9.96. The van der Waals surface area contributed by atoms with Crippen molar-refractivity contribution in [2.45, 2.75) is 129 Å². The molecule has 1 saturated heterocycles. The molecule has 1 heteroatoms. The van der Waals surface area contributed by atoms with Gasteiger partial charge in [-0.1, -0.05) is 71.1 Å². The zero-order valence-electron chi connectivity index (χ0n) is 16.3. The lowest BCUT2D eigenvalue weighted by atomic mass is 9.72. The first-order chi connectivity index (χ1) is 10.4. The molecule has 1 atom stereocenters. The number of hydrogen-bond acceptors (Lipinski definition) is 1. The summed E-state index contributed by atoms with van der Waals surface area (Å²) in [5.74, 6) is 0.870. The molecule has 1 heterocycles. The molecule has 0 aliphatic carbocycles. The van der Waals surface area contributed by atoms with Gasteiger partial charge in [0.2, 0.25) is 0 Å². The average Bonchev–Trinajstić information content (AvgIpc) is 2.41. The van der Waals surface area contributed by atoms with Gasteiger partial charge in [-0.25, -0.2) is 0 Å². The Kier molecular flexibility index (Phi) is 9.05. The monoisotopic (exact) mass is 309 g/mol. The summed E-state index contributed by atoms with van der Waals surface area (Å²) in [4.78, 5) is 0. The predicted octanol–water partition coefficient (Wildman–Crippen LogP) is 6.85. The van der Waals surface area contributed by atoms with Gasteiger partial charge in [-0.05, 0) is 52.9 Å². The van der Waals surface area contributed by atoms with Gasteiger partial charge in [0.05, 0.1) is 0 Å². The topological polar surface area (TPSA) is 12.0 Å². The van der Waals surface area contributed by atoms with Gasteiger partial charge in [0.25, 0.3) is 0 Å². The Morgan fingerprint density at radius 1 is 0.773 bits per heavy atom. The van der Waals surface area contributed by atoms with Gasteiger partial charge in [0.1, 0.15) is 0 Å². The molecule has 0 bridgehead atoms. The minimum Gasteiger partial charge on any atom is -0.307 e. The van der Waals surface area contributed by atoms with Crippen molar-refractivity contribution in [2.24, 2.45) is 5.92 Å². The maximum Gasteiger partial charge on any atom is 0.0158 e. The molecule has 0 amide bonds. The van der Waals surface area contributed by atoms with E-state index in [0.29, 0.717) is 11.1 Å². The lowest BCUT2D eigenvalue weighted by molar-refractivity contribution is 0.104. The maximum absolute atomic E-state index is 3.87. The van der Waals surface area contributed by atoms with Crippen molar-refractivity contribution in [3.63, 3.8) is 0 Å². The Morgan fingerprint density at radius 3 is 1.77 bits per heavy atom. The van der Waals surface area contributed by atoms with E-state index in [1.165, 1.54) is 83.5 Å². The Labute approximate surface area is 141 Å². The van der Waals surface area contributed by atoms with E-state index in [-0.39, 0.29) is 0 Å². The second-order valence-corrected chi connectivity index (χ2v) is 8.94. The molecule has 1 unspecified atom stereocenters. The first-order valence-electron chi connectivity index (χ1n) is 10.2. The van der Waals surface area contributed by atoms with Gasteiger partial charge in [0, 0.05) is 11.1 Å². The average molecular weight is 310 g/mol. The first kappa shape index (κ1) is 20.0. The zero-order valence-corrected chi connectivity index (χ0v) is 16.3. The molecular weight excluding hydrogens is 266 g/mol. The molecule has 0 radical (unpaired) electrons. The fourth-order valence-corrected chi connectivity index (χ4v) is 4.32. The summed E-state index contributed by atoms with van der Waals surface area (Å²) in [6.07, 6.45) is 18.6. The van der Waals surface area contributed by atoms with E-state index in [1.807, 2.05) is 0 Å². The zero-order chi connectivity index (χ0) is 16.5. The van der Waals surface area contributed by atoms with Gasteiger partial charge in [-0.3, -0.25) is 0 Å². The molecule has 0 aromatic heterocycles. The molecule has 22 heavy (non-hydrogen) atoms. The van der Waals surface area contributed by atoms with Crippen molar-refractivity contribution in [1.29, 1.82) is 0 Å². The number of rotatable bonds is 11. The molecule has 0 aromatic rings. The minimum atomic E-state index is 0.320. The normalized spacial score (nSPS) is 23.6. The highest BCUT2D eigenvalue weighted by molar-refractivity contribution is 4.98. The van der Waals surface area contributed by atoms with Gasteiger partial charge in [0.15, 0.2) is 0 Å². The van der Waals surface area contributed by atoms with E-state index in [9.17, 15) is 0 Å². The van der Waals surface area contributed by atoms with E-state index < -0.39 is 0 Å². The van der Waals surface area contributed by atoms with Crippen molar-refractivity contribution >= 4 is 0 Å². The molecule has 1 aliphatic rings. The van der Waals surface area contributed by atoms with Crippen molar-refractivity contribution in [2.75, 3.05) is 0 Å². The highest BCUT2D eigenvalue weighted by Gasteiger charge is 2.38. The molecule has 0 saturated carbocycles. The van der Waals surface area contributed by atoms with Crippen LogP contribution in [-0.2, 0) is 0 Å². The Bertz CT molecular complexity index is 280. The van der Waals surface area contributed by atoms with Gasteiger partial charge in [-0.15, -0.1) is 0 Å². The van der Waals surface area contributed by atoms with E-state index in [2.05, 4.69) is 39.9 Å². The molecule has 1 fully saturated rings. The fraction of sp³-hybridized carbons (Fsp3) is 1.00. The standard InChI is InChI=1S/C21H43N/c1-6-7-8-9-10-11-12-13-14-15-16-19-17-18-20(2,3)22-21(19,4)5/h19,22H,6-18H2,1-5H3. The van der Waals surface area contributed by atoms with Crippen molar-refractivity contribution in [1.82, 2.24) is 5.32 Å². The van der Waals surface area contributed by atoms with Crippen LogP contribution in [0.4, 0.5) is 0 Å². The van der Waals surface area contributed by atoms with Crippen LogP contribution in [0.15, 0.2) is 0 Å². The minimum absolute atomic E-state index is 0.320. The van der Waals surface area contributed by atoms with E-state index >= 15 is 0 Å². The summed E-state index contributed by atoms with van der Waals surface area (Å²) in [7, 11) is 0. The van der Waals surface area contributed by atoms with Crippen LogP contribution in [0.2, 0.25) is 0 Å². The van der Waals surface area contributed by atoms with Crippen LogP contribution in [0.5, 0.6) is 0 Å². The molecule has 1 nitrogen and oxygen atoms in total. The van der Waals surface area contributed by atoms with Crippen LogP contribution in [0, 0.1) is 5.92 Å². The fourth-order valence-electron chi connectivity index (χ4n) is 4.32. The third kappa shape index (κ3) is 7.99. The number of hydrogen-bond donors (Lipinski definition) is 1. The summed E-state index contributed by atoms with van der Waals surface area (Å²) < 4.78 is 0. The lowest BCUT2D eigenvalue weighted by Gasteiger charge is -2.48. The number of piperidine rings is 1. The Hall–Kier alpha value is -0.0400. The lowest BCUT2D eigenvalue weighted by Crippen LogP contribution is -2.59. The second-order valence-electron chi connectivity index (χ2n) is 8.94. The summed E-state index contributed by atoms with van der Waals surface area (Å²) >= 11 is 0. The van der Waals surface area contributed by atoms with Crippen LogP contribution < -0.4 is 5.32 Å². The number of unbranched alkanes of at least 4 members (excludes halogenated alkanes) is 9.